The number of carbonyl (C=O) groups excluding carboxylic acids is 1. The van der Waals surface area contributed by atoms with Crippen LogP contribution in [0.15, 0.2) is 42.7 Å². The average molecular weight is 376 g/mol. The number of benzene rings is 1. The van der Waals surface area contributed by atoms with Gasteiger partial charge in [0.15, 0.2) is 0 Å². The van der Waals surface area contributed by atoms with Gasteiger partial charge in [0.1, 0.15) is 0 Å². The molecular formula is C21H24N6O. The normalized spacial score (nSPS) is 21.8. The van der Waals surface area contributed by atoms with Crippen molar-refractivity contribution in [3.8, 4) is 0 Å². The number of piperidine rings is 1. The maximum atomic E-state index is 13.7. The molecule has 144 valence electrons. The van der Waals surface area contributed by atoms with Gasteiger partial charge in [0.05, 0.1) is 5.54 Å². The fraction of sp³-hybridized carbons (Fsp3) is 0.429. The smallest absolute Gasteiger partial charge is 0.298 e. The number of fused-ring (bicyclic) bond motifs is 2. The lowest BCUT2D eigenvalue weighted by atomic mass is 9.72. The van der Waals surface area contributed by atoms with Crippen molar-refractivity contribution in [3.05, 3.63) is 54.1 Å². The predicted molar refractivity (Wildman–Crippen MR) is 107 cm³/mol. The fourth-order valence-corrected chi connectivity index (χ4v) is 4.85. The number of amides is 1. The lowest BCUT2D eigenvalue weighted by Crippen LogP contribution is -2.60. The highest BCUT2D eigenvalue weighted by Crippen LogP contribution is 2.48. The molecule has 3 aromatic rings. The fourth-order valence-electron chi connectivity index (χ4n) is 4.85. The van der Waals surface area contributed by atoms with Crippen LogP contribution < -0.4 is 4.90 Å². The van der Waals surface area contributed by atoms with E-state index in [0.29, 0.717) is 11.7 Å². The highest BCUT2D eigenvalue weighted by atomic mass is 16.2. The minimum atomic E-state index is -0.192. The third-order valence-corrected chi connectivity index (χ3v) is 6.30. The Bertz CT molecular complexity index is 1000. The molecule has 0 bridgehead atoms. The van der Waals surface area contributed by atoms with Crippen molar-refractivity contribution in [1.82, 2.24) is 24.5 Å². The maximum absolute atomic E-state index is 13.7. The van der Waals surface area contributed by atoms with Gasteiger partial charge in [-0.05, 0) is 49.9 Å². The molecule has 0 aliphatic carbocycles. The highest BCUT2D eigenvalue weighted by Gasteiger charge is 2.48. The van der Waals surface area contributed by atoms with Crippen LogP contribution in [0, 0.1) is 0 Å². The molecule has 1 atom stereocenters. The van der Waals surface area contributed by atoms with Gasteiger partial charge >= 0.3 is 0 Å². The van der Waals surface area contributed by atoms with E-state index in [4.69, 9.17) is 0 Å². The molecule has 4 heterocycles. The second-order valence-corrected chi connectivity index (χ2v) is 8.13. The number of carbonyl (C=O) groups is 1. The van der Waals surface area contributed by atoms with Crippen molar-refractivity contribution in [2.24, 2.45) is 0 Å². The molecule has 5 rings (SSSR count). The van der Waals surface area contributed by atoms with Crippen molar-refractivity contribution in [3.63, 3.8) is 0 Å². The van der Waals surface area contributed by atoms with Gasteiger partial charge in [-0.1, -0.05) is 25.1 Å². The monoisotopic (exact) mass is 376 g/mol. The number of rotatable bonds is 1. The van der Waals surface area contributed by atoms with Crippen molar-refractivity contribution in [2.45, 2.75) is 37.6 Å². The van der Waals surface area contributed by atoms with Crippen molar-refractivity contribution in [1.29, 1.82) is 0 Å². The molecule has 1 amide bonds. The summed E-state index contributed by atoms with van der Waals surface area (Å²) in [5.41, 5.74) is 2.03. The molecule has 7 heteroatoms. The summed E-state index contributed by atoms with van der Waals surface area (Å²) in [6.45, 7) is 4.24. The Morgan fingerprint density at radius 2 is 1.96 bits per heavy atom. The third kappa shape index (κ3) is 2.61. The third-order valence-electron chi connectivity index (χ3n) is 6.30. The van der Waals surface area contributed by atoms with Gasteiger partial charge in [0.25, 0.3) is 11.7 Å². The summed E-state index contributed by atoms with van der Waals surface area (Å²) in [6, 6.07) is 10.1. The van der Waals surface area contributed by atoms with Crippen LogP contribution in [0.3, 0.4) is 0 Å². The summed E-state index contributed by atoms with van der Waals surface area (Å²) in [4.78, 5) is 26.7. The average Bonchev–Trinajstić information content (AvgIpc) is 3.15. The summed E-state index contributed by atoms with van der Waals surface area (Å²) in [7, 11) is 2.15. The van der Waals surface area contributed by atoms with E-state index in [1.165, 1.54) is 5.56 Å². The van der Waals surface area contributed by atoms with E-state index in [-0.39, 0.29) is 17.3 Å². The summed E-state index contributed by atoms with van der Waals surface area (Å²) in [5.74, 6) is 0.942. The first kappa shape index (κ1) is 17.3. The first-order valence-corrected chi connectivity index (χ1v) is 9.87. The molecule has 1 unspecified atom stereocenters. The highest BCUT2D eigenvalue weighted by molar-refractivity contribution is 6.05. The zero-order chi connectivity index (χ0) is 19.3. The molecule has 0 N–H and O–H groups in total. The van der Waals surface area contributed by atoms with Crippen LogP contribution in [0.2, 0.25) is 0 Å². The van der Waals surface area contributed by atoms with E-state index in [1.807, 2.05) is 11.0 Å². The van der Waals surface area contributed by atoms with Crippen LogP contribution in [0.5, 0.6) is 0 Å². The van der Waals surface area contributed by atoms with Crippen LogP contribution in [0.4, 0.5) is 5.69 Å². The molecule has 1 spiro atoms. The Morgan fingerprint density at radius 1 is 1.18 bits per heavy atom. The summed E-state index contributed by atoms with van der Waals surface area (Å²) in [6.07, 6.45) is 6.31. The Labute approximate surface area is 164 Å². The zero-order valence-corrected chi connectivity index (χ0v) is 16.2. The minimum Gasteiger partial charge on any atom is -0.306 e. The Morgan fingerprint density at radius 3 is 2.75 bits per heavy atom. The lowest BCUT2D eigenvalue weighted by Gasteiger charge is -2.52. The van der Waals surface area contributed by atoms with Crippen molar-refractivity contribution < 1.29 is 4.79 Å². The van der Waals surface area contributed by atoms with Crippen LogP contribution in [0.1, 0.15) is 48.3 Å². The van der Waals surface area contributed by atoms with Crippen LogP contribution >= 0.6 is 0 Å². The maximum Gasteiger partial charge on any atom is 0.298 e. The number of hydrogen-bond donors (Lipinski definition) is 0. The van der Waals surface area contributed by atoms with E-state index in [9.17, 15) is 4.79 Å². The van der Waals surface area contributed by atoms with E-state index >= 15 is 0 Å². The molecule has 1 fully saturated rings. The molecule has 1 aromatic carbocycles. The van der Waals surface area contributed by atoms with Crippen molar-refractivity contribution in [2.75, 3.05) is 25.0 Å². The molecule has 2 aliphatic rings. The standard InChI is InChI=1S/C21H24N6O/c1-15-14-21(8-12-25(2)13-9-21)27(17-7-4-3-6-16(15)17)19(28)18-23-20-22-10-5-11-26(20)24-18/h3-7,10-11,15H,8-9,12-14H2,1-2H3. The first-order valence-electron chi connectivity index (χ1n) is 9.87. The Kier molecular flexibility index (Phi) is 3.94. The Hall–Kier alpha value is -2.80. The van der Waals surface area contributed by atoms with E-state index in [0.717, 1.165) is 38.0 Å². The molecule has 7 nitrogen and oxygen atoms in total. The van der Waals surface area contributed by atoms with Gasteiger partial charge in [-0.25, -0.2) is 9.50 Å². The molecule has 1 saturated heterocycles. The summed E-state index contributed by atoms with van der Waals surface area (Å²) in [5, 5.41) is 4.41. The van der Waals surface area contributed by atoms with Crippen molar-refractivity contribution >= 4 is 17.4 Å². The molecule has 28 heavy (non-hydrogen) atoms. The number of anilines is 1. The van der Waals surface area contributed by atoms with Gasteiger partial charge in [-0.3, -0.25) is 9.69 Å². The largest absolute Gasteiger partial charge is 0.306 e. The zero-order valence-electron chi connectivity index (χ0n) is 16.2. The van der Waals surface area contributed by atoms with Crippen LogP contribution in [-0.2, 0) is 0 Å². The van der Waals surface area contributed by atoms with Gasteiger partial charge in [-0.2, -0.15) is 4.98 Å². The molecular weight excluding hydrogens is 352 g/mol. The summed E-state index contributed by atoms with van der Waals surface area (Å²) < 4.78 is 1.56. The number of hydrogen-bond acceptors (Lipinski definition) is 5. The number of para-hydroxylation sites is 1. The molecule has 0 radical (unpaired) electrons. The minimum absolute atomic E-state index is 0.130. The van der Waals surface area contributed by atoms with Crippen LogP contribution in [0.25, 0.3) is 5.78 Å². The molecule has 2 aliphatic heterocycles. The molecule has 0 saturated carbocycles. The van der Waals surface area contributed by atoms with E-state index in [2.05, 4.69) is 52.1 Å². The summed E-state index contributed by atoms with van der Waals surface area (Å²) >= 11 is 0. The first-order chi connectivity index (χ1) is 13.6. The van der Waals surface area contributed by atoms with Gasteiger partial charge in [0.2, 0.25) is 5.82 Å². The van der Waals surface area contributed by atoms with Crippen LogP contribution in [-0.4, -0.2) is 56.1 Å². The number of aromatic nitrogens is 4. The van der Waals surface area contributed by atoms with Gasteiger partial charge in [-0.15, -0.1) is 5.10 Å². The second-order valence-electron chi connectivity index (χ2n) is 8.13. The number of likely N-dealkylation sites (tertiary alicyclic amines) is 1. The lowest BCUT2D eigenvalue weighted by molar-refractivity contribution is 0.0878. The predicted octanol–water partition coefficient (Wildman–Crippen LogP) is 2.74. The second kappa shape index (κ2) is 6.38. The molecule has 2 aromatic heterocycles. The quantitative estimate of drug-likeness (QED) is 0.653. The number of nitrogens with zero attached hydrogens (tertiary/aromatic N) is 6. The Balaban J connectivity index is 1.64. The van der Waals surface area contributed by atoms with E-state index in [1.54, 1.807) is 23.0 Å². The SMILES string of the molecule is CC1CC2(CCN(C)CC2)N(C(=O)c2nc3ncccn3n2)c2ccccc21. The van der Waals surface area contributed by atoms with Gasteiger partial charge in [0, 0.05) is 31.2 Å². The topological polar surface area (TPSA) is 66.6 Å². The van der Waals surface area contributed by atoms with Gasteiger partial charge < -0.3 is 4.90 Å². The van der Waals surface area contributed by atoms with E-state index < -0.39 is 0 Å².